The van der Waals surface area contributed by atoms with Crippen LogP contribution in [-0.4, -0.2) is 73.6 Å². The first-order valence-corrected chi connectivity index (χ1v) is 10.3. The minimum Gasteiger partial charge on any atom is -0.502 e. The second kappa shape index (κ2) is 10.5. The van der Waals surface area contributed by atoms with Gasteiger partial charge in [0.15, 0.2) is 17.2 Å². The van der Waals surface area contributed by atoms with Gasteiger partial charge in [-0.3, -0.25) is 24.1 Å². The zero-order chi connectivity index (χ0) is 24.1. The molecule has 1 amide bonds. The Bertz CT molecular complexity index is 1100. The molecule has 1 aliphatic heterocycles. The standard InChI is InChI=1S/C22H25F2N3O6/c1-32-9-7-25-13-26(8-10-33-2)27-12-16(20(29)21(30)19(27)22(25)31)18(28)6-4-14-3-5-15(23)11-17(14)24/h3,5,11-12,30H,4,6-10,13H2,1-2H3. The number of Topliss-reactive ketones (excluding diaryl/α,β-unsaturated/α-hetero) is 1. The highest BCUT2D eigenvalue weighted by atomic mass is 19.1. The van der Waals surface area contributed by atoms with Crippen LogP contribution in [0.2, 0.25) is 0 Å². The van der Waals surface area contributed by atoms with Crippen LogP contribution in [-0.2, 0) is 15.9 Å². The molecule has 0 fully saturated rings. The van der Waals surface area contributed by atoms with Gasteiger partial charge in [0.1, 0.15) is 18.3 Å². The molecule has 1 N–H and O–H groups in total. The summed E-state index contributed by atoms with van der Waals surface area (Å²) in [5.74, 6) is -3.59. The van der Waals surface area contributed by atoms with Gasteiger partial charge >= 0.3 is 0 Å². The maximum Gasteiger partial charge on any atom is 0.277 e. The van der Waals surface area contributed by atoms with Gasteiger partial charge in [-0.1, -0.05) is 6.07 Å². The molecule has 3 rings (SSSR count). The van der Waals surface area contributed by atoms with Crippen LogP contribution >= 0.6 is 0 Å². The van der Waals surface area contributed by atoms with Crippen LogP contribution in [0, 0.1) is 11.6 Å². The molecular weight excluding hydrogens is 440 g/mol. The van der Waals surface area contributed by atoms with E-state index >= 15 is 0 Å². The lowest BCUT2D eigenvalue weighted by Crippen LogP contribution is -2.56. The summed E-state index contributed by atoms with van der Waals surface area (Å²) in [6.45, 7) is 1.19. The number of aromatic hydroxyl groups is 1. The van der Waals surface area contributed by atoms with Gasteiger partial charge in [0.25, 0.3) is 5.91 Å². The molecular formula is C22H25F2N3O6. The fraction of sp³-hybridized carbons (Fsp3) is 0.409. The third-order valence-electron chi connectivity index (χ3n) is 5.35. The largest absolute Gasteiger partial charge is 0.502 e. The number of rotatable bonds is 10. The van der Waals surface area contributed by atoms with E-state index in [0.717, 1.165) is 6.07 Å². The first kappa shape index (κ1) is 24.3. The highest BCUT2D eigenvalue weighted by Gasteiger charge is 2.34. The highest BCUT2D eigenvalue weighted by molar-refractivity contribution is 6.00. The van der Waals surface area contributed by atoms with Crippen LogP contribution in [0.4, 0.5) is 8.78 Å². The molecule has 0 saturated heterocycles. The number of ether oxygens (including phenoxy) is 2. The Morgan fingerprint density at radius 3 is 2.48 bits per heavy atom. The van der Waals surface area contributed by atoms with Crippen molar-refractivity contribution in [2.75, 3.05) is 52.2 Å². The number of nitrogens with zero attached hydrogens (tertiary/aromatic N) is 3. The molecule has 0 atom stereocenters. The van der Waals surface area contributed by atoms with Crippen LogP contribution in [0.3, 0.4) is 0 Å². The molecule has 0 saturated carbocycles. The number of fused-ring (bicyclic) bond motifs is 1. The van der Waals surface area contributed by atoms with E-state index < -0.39 is 34.5 Å². The van der Waals surface area contributed by atoms with Gasteiger partial charge in [-0.05, 0) is 18.1 Å². The predicted octanol–water partition coefficient (Wildman–Crippen LogP) is 1.29. The Kier molecular flexibility index (Phi) is 7.77. The summed E-state index contributed by atoms with van der Waals surface area (Å²) in [7, 11) is 2.99. The van der Waals surface area contributed by atoms with E-state index in [-0.39, 0.29) is 56.1 Å². The van der Waals surface area contributed by atoms with Crippen LogP contribution < -0.4 is 10.4 Å². The number of hydrogen-bond acceptors (Lipinski definition) is 7. The van der Waals surface area contributed by atoms with Crippen molar-refractivity contribution in [1.82, 2.24) is 9.58 Å². The molecule has 1 aromatic heterocycles. The summed E-state index contributed by atoms with van der Waals surface area (Å²) >= 11 is 0. The molecule has 2 heterocycles. The SMILES string of the molecule is COCCN1CN(CCOC)n2cc(C(=O)CCc3ccc(F)cc3F)c(=O)c(O)c2C1=O. The van der Waals surface area contributed by atoms with Crippen molar-refractivity contribution in [3.63, 3.8) is 0 Å². The van der Waals surface area contributed by atoms with Crippen molar-refractivity contribution in [3.8, 4) is 5.75 Å². The number of hydrogen-bond donors (Lipinski definition) is 1. The average Bonchev–Trinajstić information content (AvgIpc) is 2.79. The van der Waals surface area contributed by atoms with Crippen LogP contribution in [0.25, 0.3) is 0 Å². The molecule has 33 heavy (non-hydrogen) atoms. The molecule has 0 aliphatic carbocycles. The fourth-order valence-corrected chi connectivity index (χ4v) is 3.55. The monoisotopic (exact) mass is 465 g/mol. The quantitative estimate of drug-likeness (QED) is 0.528. The number of ketones is 1. The number of methoxy groups -OCH3 is 2. The molecule has 0 spiro atoms. The molecule has 2 aromatic rings. The first-order chi connectivity index (χ1) is 15.8. The van der Waals surface area contributed by atoms with E-state index in [2.05, 4.69) is 0 Å². The molecule has 0 bridgehead atoms. The number of halogens is 2. The van der Waals surface area contributed by atoms with E-state index in [0.29, 0.717) is 12.6 Å². The maximum absolute atomic E-state index is 13.9. The van der Waals surface area contributed by atoms with E-state index in [1.54, 1.807) is 5.01 Å². The third-order valence-corrected chi connectivity index (χ3v) is 5.35. The number of aromatic nitrogens is 1. The molecule has 178 valence electrons. The normalized spacial score (nSPS) is 13.4. The van der Waals surface area contributed by atoms with Crippen molar-refractivity contribution in [3.05, 3.63) is 63.1 Å². The molecule has 9 nitrogen and oxygen atoms in total. The fourth-order valence-electron chi connectivity index (χ4n) is 3.55. The number of carbonyl (C=O) groups excluding carboxylic acids is 2. The molecule has 0 radical (unpaired) electrons. The van der Waals surface area contributed by atoms with E-state index in [4.69, 9.17) is 9.47 Å². The highest BCUT2D eigenvalue weighted by Crippen LogP contribution is 2.22. The second-order valence-electron chi connectivity index (χ2n) is 7.50. The Labute approximate surface area is 188 Å². The summed E-state index contributed by atoms with van der Waals surface area (Å²) in [4.78, 5) is 39.8. The topological polar surface area (TPSA) is 101 Å². The Hall–Kier alpha value is -3.31. The van der Waals surface area contributed by atoms with Crippen molar-refractivity contribution < 1.29 is 33.0 Å². The Morgan fingerprint density at radius 1 is 1.12 bits per heavy atom. The summed E-state index contributed by atoms with van der Waals surface area (Å²) in [5, 5.41) is 12.2. The summed E-state index contributed by atoms with van der Waals surface area (Å²) in [6.07, 6.45) is 0.897. The van der Waals surface area contributed by atoms with Crippen LogP contribution in [0.1, 0.15) is 32.8 Å². The number of pyridine rings is 1. The summed E-state index contributed by atoms with van der Waals surface area (Å²) in [6, 6.07) is 3.03. The number of aryl methyl sites for hydroxylation is 1. The zero-order valence-corrected chi connectivity index (χ0v) is 18.3. The lowest BCUT2D eigenvalue weighted by atomic mass is 10.0. The average molecular weight is 465 g/mol. The molecule has 1 aliphatic rings. The molecule has 1 aromatic carbocycles. The van der Waals surface area contributed by atoms with Crippen LogP contribution in [0.15, 0.2) is 29.2 Å². The second-order valence-corrected chi connectivity index (χ2v) is 7.50. The zero-order valence-electron chi connectivity index (χ0n) is 18.3. The van der Waals surface area contributed by atoms with Crippen molar-refractivity contribution in [1.29, 1.82) is 0 Å². The summed E-state index contributed by atoms with van der Waals surface area (Å²) in [5.41, 5.74) is -1.46. The minimum atomic E-state index is -0.987. The van der Waals surface area contributed by atoms with Crippen molar-refractivity contribution >= 4 is 11.7 Å². The van der Waals surface area contributed by atoms with Gasteiger partial charge in [0.05, 0.1) is 25.3 Å². The van der Waals surface area contributed by atoms with Gasteiger partial charge in [-0.15, -0.1) is 0 Å². The minimum absolute atomic E-state index is 0.0655. The van der Waals surface area contributed by atoms with Crippen LogP contribution in [0.5, 0.6) is 5.75 Å². The van der Waals surface area contributed by atoms with Crippen molar-refractivity contribution in [2.45, 2.75) is 12.8 Å². The molecule has 11 heteroatoms. The number of carbonyl (C=O) groups is 2. The Balaban J connectivity index is 1.93. The molecule has 0 unspecified atom stereocenters. The van der Waals surface area contributed by atoms with Gasteiger partial charge < -0.3 is 19.5 Å². The van der Waals surface area contributed by atoms with E-state index in [1.807, 2.05) is 0 Å². The number of benzene rings is 1. The van der Waals surface area contributed by atoms with E-state index in [9.17, 15) is 28.3 Å². The predicted molar refractivity (Wildman–Crippen MR) is 114 cm³/mol. The smallest absolute Gasteiger partial charge is 0.277 e. The number of amides is 1. The third kappa shape index (κ3) is 5.20. The van der Waals surface area contributed by atoms with Gasteiger partial charge in [-0.25, -0.2) is 8.78 Å². The summed E-state index contributed by atoms with van der Waals surface area (Å²) < 4.78 is 38.4. The first-order valence-electron chi connectivity index (χ1n) is 10.3. The lowest BCUT2D eigenvalue weighted by molar-refractivity contribution is 0.0612. The van der Waals surface area contributed by atoms with E-state index in [1.165, 1.54) is 36.1 Å². The van der Waals surface area contributed by atoms with Gasteiger partial charge in [0.2, 0.25) is 5.43 Å². The van der Waals surface area contributed by atoms with Gasteiger partial charge in [0, 0.05) is 39.4 Å². The van der Waals surface area contributed by atoms with Crippen molar-refractivity contribution in [2.24, 2.45) is 0 Å². The Morgan fingerprint density at radius 2 is 1.82 bits per heavy atom. The maximum atomic E-state index is 13.9. The lowest BCUT2D eigenvalue weighted by Gasteiger charge is -2.39. The van der Waals surface area contributed by atoms with Gasteiger partial charge in [-0.2, -0.15) is 0 Å².